The first-order chi connectivity index (χ1) is 8.72. The molecule has 1 rings (SSSR count). The molecule has 0 aliphatic carbocycles. The lowest BCUT2D eigenvalue weighted by molar-refractivity contribution is 0.671. The molecule has 0 saturated heterocycles. The van der Waals surface area contributed by atoms with Crippen LogP contribution in [0.4, 0.5) is 11.5 Å². The van der Waals surface area contributed by atoms with Crippen LogP contribution < -0.4 is 10.6 Å². The maximum atomic E-state index is 8.97. The monoisotopic (exact) mass is 246 g/mol. The van der Waals surface area contributed by atoms with Crippen molar-refractivity contribution in [1.82, 2.24) is 4.98 Å². The maximum Gasteiger partial charge on any atom is 0.165 e. The van der Waals surface area contributed by atoms with Gasteiger partial charge >= 0.3 is 0 Å². The summed E-state index contributed by atoms with van der Waals surface area (Å²) in [5.74, 6) is 0.864. The molecule has 0 atom stereocenters. The van der Waals surface area contributed by atoms with Crippen molar-refractivity contribution in [2.24, 2.45) is 0 Å². The molecule has 0 aliphatic heterocycles. The molecule has 0 saturated carbocycles. The van der Waals surface area contributed by atoms with Gasteiger partial charge in [-0.2, -0.15) is 5.26 Å². The molecular formula is C14H22N4. The highest BCUT2D eigenvalue weighted by Gasteiger charge is 2.09. The second-order valence-corrected chi connectivity index (χ2v) is 4.41. The number of nitrogen functional groups attached to an aromatic ring is 1. The Morgan fingerprint density at radius 1 is 1.22 bits per heavy atom. The molecule has 0 bridgehead atoms. The van der Waals surface area contributed by atoms with Crippen LogP contribution in [0.25, 0.3) is 0 Å². The van der Waals surface area contributed by atoms with Crippen LogP contribution in [0.1, 0.15) is 45.2 Å². The Morgan fingerprint density at radius 2 is 1.83 bits per heavy atom. The zero-order chi connectivity index (χ0) is 13.4. The number of aromatic nitrogens is 1. The number of anilines is 2. The number of nitriles is 1. The van der Waals surface area contributed by atoms with Gasteiger partial charge in [-0.15, -0.1) is 0 Å². The molecule has 0 spiro atoms. The van der Waals surface area contributed by atoms with Crippen LogP contribution >= 0.6 is 0 Å². The lowest BCUT2D eigenvalue weighted by Crippen LogP contribution is -2.26. The standard InChI is InChI=1S/C14H22N4/c1-3-5-9-18(10-6-4-2)14-8-7-12(16)13(11-15)17-14/h7-8H,3-6,9-10,16H2,1-2H3. The van der Waals surface area contributed by atoms with Crippen LogP contribution in [-0.2, 0) is 0 Å². The summed E-state index contributed by atoms with van der Waals surface area (Å²) in [7, 11) is 0. The minimum absolute atomic E-state index is 0.325. The summed E-state index contributed by atoms with van der Waals surface area (Å²) in [6.07, 6.45) is 4.58. The normalized spacial score (nSPS) is 10.1. The number of nitrogens with zero attached hydrogens (tertiary/aromatic N) is 3. The minimum atomic E-state index is 0.325. The topological polar surface area (TPSA) is 65.9 Å². The van der Waals surface area contributed by atoms with E-state index in [-0.39, 0.29) is 0 Å². The lowest BCUT2D eigenvalue weighted by Gasteiger charge is -2.23. The SMILES string of the molecule is CCCCN(CCCC)c1ccc(N)c(C#N)n1. The molecule has 0 aromatic carbocycles. The summed E-state index contributed by atoms with van der Waals surface area (Å²) >= 11 is 0. The molecule has 1 aromatic heterocycles. The molecule has 2 N–H and O–H groups in total. The lowest BCUT2D eigenvalue weighted by atomic mass is 10.2. The van der Waals surface area contributed by atoms with Gasteiger partial charge in [0, 0.05) is 13.1 Å². The van der Waals surface area contributed by atoms with E-state index < -0.39 is 0 Å². The fourth-order valence-corrected chi connectivity index (χ4v) is 1.76. The molecule has 18 heavy (non-hydrogen) atoms. The fourth-order valence-electron chi connectivity index (χ4n) is 1.76. The third-order valence-corrected chi connectivity index (χ3v) is 2.90. The molecule has 98 valence electrons. The Hall–Kier alpha value is -1.76. The van der Waals surface area contributed by atoms with Crippen molar-refractivity contribution in [3.63, 3.8) is 0 Å². The van der Waals surface area contributed by atoms with Crippen molar-refractivity contribution < 1.29 is 0 Å². The second-order valence-electron chi connectivity index (χ2n) is 4.41. The molecule has 1 heterocycles. The van der Waals surface area contributed by atoms with Crippen LogP contribution in [0.15, 0.2) is 12.1 Å². The molecule has 0 amide bonds. The third kappa shape index (κ3) is 3.92. The van der Waals surface area contributed by atoms with Gasteiger partial charge in [-0.25, -0.2) is 4.98 Å². The van der Waals surface area contributed by atoms with Crippen LogP contribution in [0.2, 0.25) is 0 Å². The van der Waals surface area contributed by atoms with Crippen molar-refractivity contribution in [1.29, 1.82) is 5.26 Å². The Morgan fingerprint density at radius 3 is 2.33 bits per heavy atom. The highest BCUT2D eigenvalue weighted by atomic mass is 15.2. The highest BCUT2D eigenvalue weighted by molar-refractivity contribution is 5.55. The summed E-state index contributed by atoms with van der Waals surface area (Å²) in [5.41, 5.74) is 6.47. The van der Waals surface area contributed by atoms with E-state index >= 15 is 0 Å². The average molecular weight is 246 g/mol. The van der Waals surface area contributed by atoms with Gasteiger partial charge in [-0.3, -0.25) is 0 Å². The Labute approximate surface area is 109 Å². The van der Waals surface area contributed by atoms with E-state index in [9.17, 15) is 0 Å². The van der Waals surface area contributed by atoms with Gasteiger partial charge in [-0.05, 0) is 25.0 Å². The molecule has 1 aromatic rings. The van der Waals surface area contributed by atoms with Crippen LogP contribution in [0, 0.1) is 11.3 Å². The zero-order valence-electron chi connectivity index (χ0n) is 11.3. The third-order valence-electron chi connectivity index (χ3n) is 2.90. The summed E-state index contributed by atoms with van der Waals surface area (Å²) in [6.45, 7) is 6.32. The van der Waals surface area contributed by atoms with E-state index in [1.165, 1.54) is 0 Å². The number of nitrogens with two attached hydrogens (primary N) is 1. The van der Waals surface area contributed by atoms with Crippen molar-refractivity contribution >= 4 is 11.5 Å². The van der Waals surface area contributed by atoms with Crippen molar-refractivity contribution in [2.75, 3.05) is 23.7 Å². The predicted molar refractivity (Wildman–Crippen MR) is 75.4 cm³/mol. The molecule has 0 fully saturated rings. The second kappa shape index (κ2) is 7.54. The quantitative estimate of drug-likeness (QED) is 0.803. The Bertz CT molecular complexity index is 401. The first-order valence-electron chi connectivity index (χ1n) is 6.64. The first-order valence-corrected chi connectivity index (χ1v) is 6.64. The van der Waals surface area contributed by atoms with Crippen molar-refractivity contribution in [2.45, 2.75) is 39.5 Å². The Kier molecular flexibility index (Phi) is 5.99. The van der Waals surface area contributed by atoms with Crippen molar-refractivity contribution in [3.05, 3.63) is 17.8 Å². The number of pyridine rings is 1. The molecular weight excluding hydrogens is 224 g/mol. The number of rotatable bonds is 7. The van der Waals surface area contributed by atoms with Gasteiger partial charge in [-0.1, -0.05) is 26.7 Å². The van der Waals surface area contributed by atoms with E-state index in [0.717, 1.165) is 44.6 Å². The predicted octanol–water partition coefficient (Wildman–Crippen LogP) is 2.94. The number of hydrogen-bond donors (Lipinski definition) is 1. The summed E-state index contributed by atoms with van der Waals surface area (Å²) in [6, 6.07) is 5.71. The summed E-state index contributed by atoms with van der Waals surface area (Å²) in [4.78, 5) is 6.58. The zero-order valence-corrected chi connectivity index (χ0v) is 11.3. The molecule has 4 heteroatoms. The van der Waals surface area contributed by atoms with Crippen LogP contribution in [0.5, 0.6) is 0 Å². The van der Waals surface area contributed by atoms with E-state index in [1.807, 2.05) is 12.1 Å². The maximum absolute atomic E-state index is 8.97. The smallest absolute Gasteiger partial charge is 0.165 e. The summed E-state index contributed by atoms with van der Waals surface area (Å²) < 4.78 is 0. The van der Waals surface area contributed by atoms with Crippen LogP contribution in [-0.4, -0.2) is 18.1 Å². The van der Waals surface area contributed by atoms with E-state index in [2.05, 4.69) is 23.7 Å². The average Bonchev–Trinajstić information content (AvgIpc) is 2.40. The minimum Gasteiger partial charge on any atom is -0.396 e. The van der Waals surface area contributed by atoms with Gasteiger partial charge in [0.25, 0.3) is 0 Å². The fraction of sp³-hybridized carbons (Fsp3) is 0.571. The molecule has 4 nitrogen and oxygen atoms in total. The van der Waals surface area contributed by atoms with Gasteiger partial charge < -0.3 is 10.6 Å². The van der Waals surface area contributed by atoms with Gasteiger partial charge in [0.05, 0.1) is 5.69 Å². The van der Waals surface area contributed by atoms with Crippen molar-refractivity contribution in [3.8, 4) is 6.07 Å². The largest absolute Gasteiger partial charge is 0.396 e. The van der Waals surface area contributed by atoms with Gasteiger partial charge in [0.2, 0.25) is 0 Å². The number of hydrogen-bond acceptors (Lipinski definition) is 4. The number of unbranched alkanes of at least 4 members (excludes halogenated alkanes) is 2. The van der Waals surface area contributed by atoms with Crippen LogP contribution in [0.3, 0.4) is 0 Å². The van der Waals surface area contributed by atoms with E-state index in [0.29, 0.717) is 11.4 Å². The van der Waals surface area contributed by atoms with Gasteiger partial charge in [0.15, 0.2) is 5.69 Å². The molecule has 0 unspecified atom stereocenters. The van der Waals surface area contributed by atoms with E-state index in [4.69, 9.17) is 11.0 Å². The van der Waals surface area contributed by atoms with Gasteiger partial charge in [0.1, 0.15) is 11.9 Å². The van der Waals surface area contributed by atoms with E-state index in [1.54, 1.807) is 6.07 Å². The molecule has 0 aliphatic rings. The Balaban J connectivity index is 2.86. The molecule has 0 radical (unpaired) electrons. The highest BCUT2D eigenvalue weighted by Crippen LogP contribution is 2.17. The first kappa shape index (κ1) is 14.3. The summed E-state index contributed by atoms with van der Waals surface area (Å²) in [5, 5.41) is 8.97.